The maximum atomic E-state index is 5.69. The van der Waals surface area contributed by atoms with Crippen LogP contribution in [-0.2, 0) is 0 Å². The third-order valence-corrected chi connectivity index (χ3v) is 1.86. The van der Waals surface area contributed by atoms with Gasteiger partial charge in [0.25, 0.3) is 0 Å². The smallest absolute Gasteiger partial charge is 0.0263 e. The Morgan fingerprint density at radius 3 is 2.11 bits per heavy atom. The van der Waals surface area contributed by atoms with E-state index in [1.54, 1.807) is 0 Å². The van der Waals surface area contributed by atoms with Crippen molar-refractivity contribution < 1.29 is 0 Å². The molecule has 0 saturated carbocycles. The monoisotopic (exact) mass is 149 g/mol. The van der Waals surface area contributed by atoms with E-state index in [1.165, 1.54) is 6.42 Å². The van der Waals surface area contributed by atoms with E-state index in [2.05, 4.69) is 25.9 Å². The van der Waals surface area contributed by atoms with Crippen molar-refractivity contribution in [3.8, 4) is 0 Å². The molecule has 1 unspecified atom stereocenters. The highest BCUT2D eigenvalue weighted by Crippen LogP contribution is 2.04. The van der Waals surface area contributed by atoms with Crippen molar-refractivity contribution in [2.24, 2.45) is 5.92 Å². The molecule has 0 aliphatic carbocycles. The van der Waals surface area contributed by atoms with E-state index in [4.69, 9.17) is 11.6 Å². The van der Waals surface area contributed by atoms with Crippen LogP contribution in [0.15, 0.2) is 0 Å². The van der Waals surface area contributed by atoms with Gasteiger partial charge in [-0.2, -0.15) is 0 Å². The zero-order valence-electron chi connectivity index (χ0n) is 6.52. The van der Waals surface area contributed by atoms with Gasteiger partial charge >= 0.3 is 0 Å². The van der Waals surface area contributed by atoms with Gasteiger partial charge in [-0.1, -0.05) is 13.3 Å². The minimum atomic E-state index is 0.668. The van der Waals surface area contributed by atoms with Gasteiger partial charge in [0.2, 0.25) is 0 Å². The van der Waals surface area contributed by atoms with Crippen molar-refractivity contribution in [1.82, 2.24) is 4.90 Å². The van der Waals surface area contributed by atoms with Crippen LogP contribution in [-0.4, -0.2) is 31.4 Å². The van der Waals surface area contributed by atoms with Gasteiger partial charge in [-0.3, -0.25) is 0 Å². The fourth-order valence-electron chi connectivity index (χ4n) is 0.803. The third-order valence-electron chi connectivity index (χ3n) is 1.42. The predicted molar refractivity (Wildman–Crippen MR) is 43.1 cm³/mol. The summed E-state index contributed by atoms with van der Waals surface area (Å²) >= 11 is 5.69. The highest BCUT2D eigenvalue weighted by Gasteiger charge is 2.03. The fourth-order valence-corrected chi connectivity index (χ4v) is 1.12. The molecule has 1 atom stereocenters. The van der Waals surface area contributed by atoms with Crippen molar-refractivity contribution in [3.05, 3.63) is 0 Å². The van der Waals surface area contributed by atoms with Gasteiger partial charge in [0, 0.05) is 12.4 Å². The van der Waals surface area contributed by atoms with E-state index in [0.717, 1.165) is 12.4 Å². The molecule has 9 heavy (non-hydrogen) atoms. The maximum absolute atomic E-state index is 5.69. The van der Waals surface area contributed by atoms with Crippen molar-refractivity contribution >= 4 is 11.6 Å². The van der Waals surface area contributed by atoms with Crippen LogP contribution in [0, 0.1) is 5.92 Å². The summed E-state index contributed by atoms with van der Waals surface area (Å²) in [5, 5.41) is 0. The first-order chi connectivity index (χ1) is 4.20. The molecule has 0 N–H and O–H groups in total. The van der Waals surface area contributed by atoms with Crippen molar-refractivity contribution in [2.45, 2.75) is 13.3 Å². The van der Waals surface area contributed by atoms with E-state index in [1.807, 2.05) is 0 Å². The standard InChI is InChI=1S/C7H16ClN/c1-4-7(5-8)6-9(2)3/h7H,4-6H2,1-3H3. The molecule has 0 aromatic rings. The van der Waals surface area contributed by atoms with Crippen LogP contribution in [0.5, 0.6) is 0 Å². The van der Waals surface area contributed by atoms with Crippen LogP contribution in [0.25, 0.3) is 0 Å². The quantitative estimate of drug-likeness (QED) is 0.552. The minimum Gasteiger partial charge on any atom is -0.309 e. The van der Waals surface area contributed by atoms with Crippen molar-refractivity contribution in [1.29, 1.82) is 0 Å². The van der Waals surface area contributed by atoms with Crippen LogP contribution < -0.4 is 0 Å². The molecule has 0 aromatic heterocycles. The summed E-state index contributed by atoms with van der Waals surface area (Å²) in [5.41, 5.74) is 0. The predicted octanol–water partition coefficient (Wildman–Crippen LogP) is 1.81. The van der Waals surface area contributed by atoms with Crippen LogP contribution >= 0.6 is 11.6 Å². The molecule has 1 nitrogen and oxygen atoms in total. The normalized spacial score (nSPS) is 14.3. The Morgan fingerprint density at radius 1 is 1.44 bits per heavy atom. The third kappa shape index (κ3) is 4.73. The van der Waals surface area contributed by atoms with Gasteiger partial charge in [-0.05, 0) is 20.0 Å². The van der Waals surface area contributed by atoms with E-state index in [9.17, 15) is 0 Å². The van der Waals surface area contributed by atoms with Gasteiger partial charge in [0.1, 0.15) is 0 Å². The van der Waals surface area contributed by atoms with Gasteiger partial charge in [0.05, 0.1) is 0 Å². The molecule has 0 amide bonds. The minimum absolute atomic E-state index is 0.668. The van der Waals surface area contributed by atoms with Crippen LogP contribution in [0.1, 0.15) is 13.3 Å². The van der Waals surface area contributed by atoms with E-state index >= 15 is 0 Å². The molecule has 0 spiro atoms. The molecule has 0 radical (unpaired) electrons. The Bertz CT molecular complexity index is 59.9. The average Bonchev–Trinajstić information content (AvgIpc) is 1.82. The summed E-state index contributed by atoms with van der Waals surface area (Å²) in [4.78, 5) is 2.18. The summed E-state index contributed by atoms with van der Waals surface area (Å²) in [6, 6.07) is 0. The van der Waals surface area contributed by atoms with E-state index in [0.29, 0.717) is 5.92 Å². The average molecular weight is 150 g/mol. The number of alkyl halides is 1. The van der Waals surface area contributed by atoms with Crippen LogP contribution in [0.2, 0.25) is 0 Å². The SMILES string of the molecule is CCC(CCl)CN(C)C. The molecular weight excluding hydrogens is 134 g/mol. The van der Waals surface area contributed by atoms with Crippen LogP contribution in [0.4, 0.5) is 0 Å². The molecule has 0 aromatic carbocycles. The van der Waals surface area contributed by atoms with Gasteiger partial charge in [-0.25, -0.2) is 0 Å². The fraction of sp³-hybridized carbons (Fsp3) is 1.00. The van der Waals surface area contributed by atoms with Crippen molar-refractivity contribution in [3.63, 3.8) is 0 Å². The molecule has 0 saturated heterocycles. The first-order valence-corrected chi connectivity index (χ1v) is 3.94. The number of hydrogen-bond acceptors (Lipinski definition) is 1. The molecule has 2 heteroatoms. The molecule has 0 fully saturated rings. The highest BCUT2D eigenvalue weighted by atomic mass is 35.5. The molecule has 0 aliphatic rings. The zero-order chi connectivity index (χ0) is 7.28. The maximum Gasteiger partial charge on any atom is 0.0263 e. The number of halogens is 1. The van der Waals surface area contributed by atoms with Crippen molar-refractivity contribution in [2.75, 3.05) is 26.5 Å². The molecular formula is C7H16ClN. The first kappa shape index (κ1) is 9.25. The molecule has 0 bridgehead atoms. The summed E-state index contributed by atoms with van der Waals surface area (Å²) < 4.78 is 0. The molecule has 0 rings (SSSR count). The van der Waals surface area contributed by atoms with Gasteiger partial charge < -0.3 is 4.90 Å². The lowest BCUT2D eigenvalue weighted by molar-refractivity contribution is 0.336. The summed E-state index contributed by atoms with van der Waals surface area (Å²) in [5.74, 6) is 1.45. The second-order valence-corrected chi connectivity index (χ2v) is 3.00. The second kappa shape index (κ2) is 5.07. The van der Waals surface area contributed by atoms with E-state index in [-0.39, 0.29) is 0 Å². The first-order valence-electron chi connectivity index (χ1n) is 3.41. The summed E-state index contributed by atoms with van der Waals surface area (Å²) in [6.45, 7) is 3.29. The summed E-state index contributed by atoms with van der Waals surface area (Å²) in [6.07, 6.45) is 1.18. The lowest BCUT2D eigenvalue weighted by atomic mass is 10.1. The molecule has 56 valence electrons. The topological polar surface area (TPSA) is 3.24 Å². The Morgan fingerprint density at radius 2 is 2.00 bits per heavy atom. The van der Waals surface area contributed by atoms with E-state index < -0.39 is 0 Å². The van der Waals surface area contributed by atoms with Crippen LogP contribution in [0.3, 0.4) is 0 Å². The largest absolute Gasteiger partial charge is 0.309 e. The number of hydrogen-bond donors (Lipinski definition) is 0. The number of nitrogens with zero attached hydrogens (tertiary/aromatic N) is 1. The Hall–Kier alpha value is 0.250. The zero-order valence-corrected chi connectivity index (χ0v) is 7.28. The summed E-state index contributed by atoms with van der Waals surface area (Å²) in [7, 11) is 4.16. The van der Waals surface area contributed by atoms with Gasteiger partial charge in [0.15, 0.2) is 0 Å². The Labute approximate surface area is 63.0 Å². The highest BCUT2D eigenvalue weighted by molar-refractivity contribution is 6.18. The number of rotatable bonds is 4. The Kier molecular flexibility index (Phi) is 5.21. The second-order valence-electron chi connectivity index (χ2n) is 2.69. The Balaban J connectivity index is 3.31. The lowest BCUT2D eigenvalue weighted by Crippen LogP contribution is -2.22. The lowest BCUT2D eigenvalue weighted by Gasteiger charge is -2.16. The molecule has 0 aliphatic heterocycles. The van der Waals surface area contributed by atoms with Gasteiger partial charge in [-0.15, -0.1) is 11.6 Å². The molecule has 0 heterocycles.